The molecule has 0 aliphatic carbocycles. The summed E-state index contributed by atoms with van der Waals surface area (Å²) in [7, 11) is 0. The van der Waals surface area contributed by atoms with Gasteiger partial charge < -0.3 is 14.7 Å². The molecule has 3 nitrogen and oxygen atoms in total. The minimum absolute atomic E-state index is 1.09. The minimum atomic E-state index is 1.09. The summed E-state index contributed by atoms with van der Waals surface area (Å²) >= 11 is 1.84. The molecule has 0 fully saturated rings. The molecular weight excluding hydrogens is 963 g/mol. The standard InChI is InChI=1S/C74H53N3S/c1-5-16-64(17-6-1)75(65-18-7-2-8-19-65)68-43-33-58(34-44-68)54-25-29-56(30-26-54)60-37-47-70(48-38-60)77(72-51-41-62(42-52-72)74-53-63-15-13-14-24-73(63)78-74)71-49-39-61(40-50-71)57-31-27-55(28-32-57)59-35-45-69(46-36-59)76(66-20-9-3-10-21-66)67-22-11-4-12-23-67/h1-53H. The maximum absolute atomic E-state index is 2.36. The zero-order chi connectivity index (χ0) is 52.0. The fourth-order valence-corrected chi connectivity index (χ4v) is 11.5. The summed E-state index contributed by atoms with van der Waals surface area (Å²) in [5.74, 6) is 0. The van der Waals surface area contributed by atoms with Crippen molar-refractivity contribution in [1.82, 2.24) is 0 Å². The van der Waals surface area contributed by atoms with Crippen LogP contribution in [0.3, 0.4) is 0 Å². The number of nitrogens with zero attached hydrogens (tertiary/aromatic N) is 3. The van der Waals surface area contributed by atoms with E-state index in [0.717, 1.165) is 62.3 Å². The van der Waals surface area contributed by atoms with E-state index >= 15 is 0 Å². The highest BCUT2D eigenvalue weighted by Gasteiger charge is 2.17. The van der Waals surface area contributed by atoms with Gasteiger partial charge in [-0.15, -0.1) is 11.3 Å². The van der Waals surface area contributed by atoms with Crippen LogP contribution in [-0.2, 0) is 0 Å². The molecule has 370 valence electrons. The summed E-state index contributed by atoms with van der Waals surface area (Å²) in [6.07, 6.45) is 0. The van der Waals surface area contributed by atoms with Crippen LogP contribution >= 0.6 is 11.3 Å². The van der Waals surface area contributed by atoms with E-state index in [0.29, 0.717) is 0 Å². The monoisotopic (exact) mass is 1020 g/mol. The molecule has 0 N–H and O–H groups in total. The Morgan fingerprint density at radius 1 is 0.179 bits per heavy atom. The molecule has 0 aliphatic heterocycles. The van der Waals surface area contributed by atoms with E-state index in [1.165, 1.54) is 53.9 Å². The van der Waals surface area contributed by atoms with Gasteiger partial charge in [0.1, 0.15) is 0 Å². The predicted octanol–water partition coefficient (Wildman–Crippen LogP) is 21.6. The van der Waals surface area contributed by atoms with Gasteiger partial charge in [0.05, 0.1) is 0 Å². The third-order valence-corrected chi connectivity index (χ3v) is 15.7. The highest BCUT2D eigenvalue weighted by atomic mass is 32.1. The Hall–Kier alpha value is -10.0. The first-order valence-electron chi connectivity index (χ1n) is 26.5. The quantitative estimate of drug-likeness (QED) is 0.107. The van der Waals surface area contributed by atoms with Crippen molar-refractivity contribution in [1.29, 1.82) is 0 Å². The number of thiophene rings is 1. The number of hydrogen-bond acceptors (Lipinski definition) is 4. The van der Waals surface area contributed by atoms with E-state index in [-0.39, 0.29) is 0 Å². The molecule has 0 radical (unpaired) electrons. The van der Waals surface area contributed by atoms with Crippen molar-refractivity contribution in [2.45, 2.75) is 0 Å². The first-order chi connectivity index (χ1) is 38.6. The van der Waals surface area contributed by atoms with Gasteiger partial charge in [-0.2, -0.15) is 0 Å². The summed E-state index contributed by atoms with van der Waals surface area (Å²) in [6.45, 7) is 0. The second-order valence-corrected chi connectivity index (χ2v) is 20.5. The van der Waals surface area contributed by atoms with Crippen LogP contribution < -0.4 is 14.7 Å². The van der Waals surface area contributed by atoms with Crippen LogP contribution in [0.15, 0.2) is 322 Å². The molecule has 0 atom stereocenters. The fourth-order valence-electron chi connectivity index (χ4n) is 10.5. The van der Waals surface area contributed by atoms with E-state index in [4.69, 9.17) is 0 Å². The Kier molecular flexibility index (Phi) is 13.3. The number of para-hydroxylation sites is 4. The largest absolute Gasteiger partial charge is 0.311 e. The maximum Gasteiger partial charge on any atom is 0.0462 e. The topological polar surface area (TPSA) is 9.72 Å². The van der Waals surface area contributed by atoms with Gasteiger partial charge in [-0.3, -0.25) is 0 Å². The van der Waals surface area contributed by atoms with Gasteiger partial charge in [0.25, 0.3) is 0 Å². The highest BCUT2D eigenvalue weighted by molar-refractivity contribution is 7.22. The number of hydrogen-bond donors (Lipinski definition) is 0. The molecule has 1 heterocycles. The molecule has 12 aromatic carbocycles. The van der Waals surface area contributed by atoms with Crippen molar-refractivity contribution in [3.8, 4) is 54.9 Å². The second kappa shape index (κ2) is 21.7. The molecule has 4 heteroatoms. The van der Waals surface area contributed by atoms with Gasteiger partial charge in [0, 0.05) is 60.8 Å². The second-order valence-electron chi connectivity index (χ2n) is 19.4. The third kappa shape index (κ3) is 10.00. The SMILES string of the molecule is c1ccc(N(c2ccccc2)c2ccc(-c3ccc(-c4ccc(N(c5ccc(-c6ccc(-c7ccc(N(c8ccccc8)c8ccccc8)cc7)cc6)cc5)c5ccc(-c6cc7ccccc7s6)cc5)cc4)cc3)cc2)cc1. The van der Waals surface area contributed by atoms with E-state index in [1.807, 2.05) is 11.3 Å². The smallest absolute Gasteiger partial charge is 0.0462 e. The van der Waals surface area contributed by atoms with Crippen LogP contribution in [0.2, 0.25) is 0 Å². The van der Waals surface area contributed by atoms with E-state index in [1.54, 1.807) is 0 Å². The fraction of sp³-hybridized carbons (Fsp3) is 0. The molecule has 0 aliphatic rings. The van der Waals surface area contributed by atoms with E-state index in [2.05, 4.69) is 336 Å². The van der Waals surface area contributed by atoms with E-state index in [9.17, 15) is 0 Å². The zero-order valence-corrected chi connectivity index (χ0v) is 43.7. The van der Waals surface area contributed by atoms with Crippen LogP contribution in [0.5, 0.6) is 0 Å². The van der Waals surface area contributed by atoms with Crippen molar-refractivity contribution >= 4 is 72.6 Å². The molecule has 13 aromatic rings. The van der Waals surface area contributed by atoms with Gasteiger partial charge >= 0.3 is 0 Å². The lowest BCUT2D eigenvalue weighted by atomic mass is 9.99. The molecule has 1 aromatic heterocycles. The molecule has 0 saturated heterocycles. The summed E-state index contributed by atoms with van der Waals surface area (Å²) in [4.78, 5) is 8.21. The van der Waals surface area contributed by atoms with Crippen molar-refractivity contribution in [2.24, 2.45) is 0 Å². The molecule has 0 saturated carbocycles. The van der Waals surface area contributed by atoms with Crippen molar-refractivity contribution in [3.05, 3.63) is 322 Å². The van der Waals surface area contributed by atoms with Crippen LogP contribution in [-0.4, -0.2) is 0 Å². The molecule has 13 rings (SSSR count). The molecule has 0 amide bonds. The maximum atomic E-state index is 2.36. The minimum Gasteiger partial charge on any atom is -0.311 e. The average Bonchev–Trinajstić information content (AvgIpc) is 4.01. The summed E-state index contributed by atoms with van der Waals surface area (Å²) in [6, 6.07) is 116. The number of benzene rings is 12. The Labute approximate surface area is 461 Å². The van der Waals surface area contributed by atoms with E-state index < -0.39 is 0 Å². The van der Waals surface area contributed by atoms with Crippen LogP contribution in [0, 0.1) is 0 Å². The van der Waals surface area contributed by atoms with Gasteiger partial charge in [-0.1, -0.05) is 200 Å². The molecule has 0 spiro atoms. The number of anilines is 9. The van der Waals surface area contributed by atoms with Crippen molar-refractivity contribution in [3.63, 3.8) is 0 Å². The number of fused-ring (bicyclic) bond motifs is 1. The highest BCUT2D eigenvalue weighted by Crippen LogP contribution is 2.42. The zero-order valence-electron chi connectivity index (χ0n) is 42.8. The Bertz CT molecular complexity index is 3730. The van der Waals surface area contributed by atoms with Gasteiger partial charge in [0.15, 0.2) is 0 Å². The van der Waals surface area contributed by atoms with Crippen LogP contribution in [0.4, 0.5) is 51.2 Å². The summed E-state index contributed by atoms with van der Waals surface area (Å²) < 4.78 is 1.30. The number of rotatable bonds is 14. The van der Waals surface area contributed by atoms with Crippen molar-refractivity contribution < 1.29 is 0 Å². The third-order valence-electron chi connectivity index (χ3n) is 14.5. The lowest BCUT2D eigenvalue weighted by Gasteiger charge is -2.26. The first kappa shape index (κ1) is 47.7. The van der Waals surface area contributed by atoms with Gasteiger partial charge in [-0.25, -0.2) is 0 Å². The Balaban J connectivity index is 0.753. The average molecular weight is 1020 g/mol. The molecule has 78 heavy (non-hydrogen) atoms. The van der Waals surface area contributed by atoms with Crippen molar-refractivity contribution in [2.75, 3.05) is 14.7 Å². The van der Waals surface area contributed by atoms with Gasteiger partial charge in [-0.05, 0) is 177 Å². The normalized spacial score (nSPS) is 11.1. The summed E-state index contributed by atoms with van der Waals surface area (Å²) in [5.41, 5.74) is 20.6. The predicted molar refractivity (Wildman–Crippen MR) is 333 cm³/mol. The van der Waals surface area contributed by atoms with Crippen LogP contribution in [0.1, 0.15) is 0 Å². The molecule has 0 bridgehead atoms. The first-order valence-corrected chi connectivity index (χ1v) is 27.3. The Morgan fingerprint density at radius 3 is 0.641 bits per heavy atom. The lowest BCUT2D eigenvalue weighted by molar-refractivity contribution is 1.28. The summed E-state index contributed by atoms with van der Waals surface area (Å²) in [5, 5.41) is 1.28. The Morgan fingerprint density at radius 2 is 0.385 bits per heavy atom. The van der Waals surface area contributed by atoms with Crippen LogP contribution in [0.25, 0.3) is 65.0 Å². The molecule has 0 unspecified atom stereocenters. The molecular formula is C74H53N3S. The van der Waals surface area contributed by atoms with Gasteiger partial charge in [0.2, 0.25) is 0 Å². The lowest BCUT2D eigenvalue weighted by Crippen LogP contribution is -2.09.